The van der Waals surface area contributed by atoms with Gasteiger partial charge in [0.05, 0.1) is 5.57 Å². The van der Waals surface area contributed by atoms with Crippen molar-refractivity contribution < 1.29 is 14.7 Å². The Bertz CT molecular complexity index is 408. The van der Waals surface area contributed by atoms with Crippen LogP contribution in [-0.2, 0) is 9.59 Å². The van der Waals surface area contributed by atoms with Crippen molar-refractivity contribution >= 4 is 12.2 Å². The van der Waals surface area contributed by atoms with Crippen LogP contribution in [0, 0.1) is 0 Å². The number of nitrogens with one attached hydrogen (secondary N) is 1. The maximum Gasteiger partial charge on any atom is 0.254 e. The summed E-state index contributed by atoms with van der Waals surface area (Å²) < 4.78 is 0. The van der Waals surface area contributed by atoms with Gasteiger partial charge in [-0.15, -0.1) is 0 Å². The third kappa shape index (κ3) is 4.45. The lowest BCUT2D eigenvalue weighted by atomic mass is 10.1. The van der Waals surface area contributed by atoms with E-state index in [2.05, 4.69) is 5.32 Å². The van der Waals surface area contributed by atoms with E-state index in [9.17, 15) is 14.7 Å². The van der Waals surface area contributed by atoms with Crippen molar-refractivity contribution in [1.82, 2.24) is 5.32 Å². The highest BCUT2D eigenvalue weighted by molar-refractivity contribution is 5.97. The van der Waals surface area contributed by atoms with Crippen LogP contribution in [-0.4, -0.2) is 23.8 Å². The number of carbonyl (C=O) groups excluding carboxylic acids is 2. The molecule has 0 unspecified atom stereocenters. The molecule has 0 aromatic carbocycles. The lowest BCUT2D eigenvalue weighted by Gasteiger charge is -2.07. The summed E-state index contributed by atoms with van der Waals surface area (Å²) in [6, 6.07) is 0. The molecular formula is C13H18N2O3. The molecule has 18 heavy (non-hydrogen) atoms. The van der Waals surface area contributed by atoms with E-state index in [0.717, 1.165) is 19.1 Å². The van der Waals surface area contributed by atoms with Gasteiger partial charge in [0.2, 0.25) is 0 Å². The van der Waals surface area contributed by atoms with E-state index in [1.165, 1.54) is 6.08 Å². The Hall–Kier alpha value is -2.04. The van der Waals surface area contributed by atoms with Gasteiger partial charge in [-0.1, -0.05) is 6.08 Å². The first-order valence-electron chi connectivity index (χ1n) is 5.93. The molecule has 0 saturated heterocycles. The van der Waals surface area contributed by atoms with Crippen LogP contribution in [0.2, 0.25) is 0 Å². The van der Waals surface area contributed by atoms with Gasteiger partial charge in [-0.2, -0.15) is 0 Å². The van der Waals surface area contributed by atoms with Crippen LogP contribution in [0.5, 0.6) is 0 Å². The summed E-state index contributed by atoms with van der Waals surface area (Å²) in [5.41, 5.74) is 6.27. The quantitative estimate of drug-likeness (QED) is 0.486. The first kappa shape index (κ1) is 14.0. The number of aldehydes is 1. The third-order valence-corrected chi connectivity index (χ3v) is 2.52. The number of aliphatic hydroxyl groups is 1. The van der Waals surface area contributed by atoms with Gasteiger partial charge in [-0.05, 0) is 25.0 Å². The Morgan fingerprint density at radius 3 is 3.00 bits per heavy atom. The zero-order chi connectivity index (χ0) is 13.4. The number of aliphatic hydroxyl groups excluding tert-OH is 1. The van der Waals surface area contributed by atoms with Gasteiger partial charge in [-0.25, -0.2) is 0 Å². The van der Waals surface area contributed by atoms with E-state index >= 15 is 0 Å². The molecule has 1 aliphatic carbocycles. The van der Waals surface area contributed by atoms with E-state index in [1.54, 1.807) is 12.2 Å². The van der Waals surface area contributed by atoms with Gasteiger partial charge in [0, 0.05) is 25.1 Å². The third-order valence-electron chi connectivity index (χ3n) is 2.52. The van der Waals surface area contributed by atoms with Crippen molar-refractivity contribution in [2.75, 3.05) is 6.54 Å². The minimum atomic E-state index is -0.342. The van der Waals surface area contributed by atoms with Crippen LogP contribution in [0.1, 0.15) is 25.7 Å². The van der Waals surface area contributed by atoms with Crippen LogP contribution in [0.3, 0.4) is 0 Å². The number of carbonyl (C=O) groups is 2. The van der Waals surface area contributed by atoms with E-state index in [0.29, 0.717) is 25.1 Å². The number of allylic oxidation sites excluding steroid dienone is 2. The first-order valence-corrected chi connectivity index (χ1v) is 5.93. The molecule has 0 aliphatic heterocycles. The summed E-state index contributed by atoms with van der Waals surface area (Å²) >= 11 is 0. The molecule has 5 nitrogen and oxygen atoms in total. The maximum atomic E-state index is 11.8. The van der Waals surface area contributed by atoms with E-state index in [-0.39, 0.29) is 17.2 Å². The molecule has 1 aliphatic rings. The van der Waals surface area contributed by atoms with Crippen molar-refractivity contribution in [2.24, 2.45) is 5.73 Å². The van der Waals surface area contributed by atoms with Crippen molar-refractivity contribution in [1.29, 1.82) is 0 Å². The predicted octanol–water partition coefficient (Wildman–Crippen LogP) is 1.09. The topological polar surface area (TPSA) is 92.4 Å². The van der Waals surface area contributed by atoms with Crippen LogP contribution in [0.15, 0.2) is 35.3 Å². The van der Waals surface area contributed by atoms with Crippen molar-refractivity contribution in [3.05, 3.63) is 35.3 Å². The molecule has 0 aromatic heterocycles. The van der Waals surface area contributed by atoms with Crippen LogP contribution < -0.4 is 11.1 Å². The van der Waals surface area contributed by atoms with Crippen LogP contribution in [0.4, 0.5) is 0 Å². The van der Waals surface area contributed by atoms with E-state index in [4.69, 9.17) is 5.73 Å². The molecule has 0 atom stereocenters. The Balaban J connectivity index is 2.50. The molecule has 1 rings (SSSR count). The minimum Gasteiger partial charge on any atom is -0.511 e. The predicted molar refractivity (Wildman–Crippen MR) is 68.6 cm³/mol. The summed E-state index contributed by atoms with van der Waals surface area (Å²) in [4.78, 5) is 21.9. The van der Waals surface area contributed by atoms with Gasteiger partial charge in [0.25, 0.3) is 5.91 Å². The second-order valence-electron chi connectivity index (χ2n) is 4.03. The number of unbranched alkanes of at least 4 members (excludes halogenated alkanes) is 2. The number of hydrogen-bond acceptors (Lipinski definition) is 4. The molecule has 98 valence electrons. The molecule has 1 amide bonds. The minimum absolute atomic E-state index is 0.0112. The first-order chi connectivity index (χ1) is 8.65. The van der Waals surface area contributed by atoms with Gasteiger partial charge in [0.1, 0.15) is 12.0 Å². The smallest absolute Gasteiger partial charge is 0.254 e. The molecule has 0 saturated carbocycles. The summed E-state index contributed by atoms with van der Waals surface area (Å²) in [6.45, 7) is 0.477. The highest BCUT2D eigenvalue weighted by atomic mass is 16.3. The molecule has 0 heterocycles. The van der Waals surface area contributed by atoms with E-state index < -0.39 is 0 Å². The summed E-state index contributed by atoms with van der Waals surface area (Å²) in [7, 11) is 0. The summed E-state index contributed by atoms with van der Waals surface area (Å²) in [6.07, 6.45) is 7.94. The largest absolute Gasteiger partial charge is 0.511 e. The summed E-state index contributed by atoms with van der Waals surface area (Å²) in [5.74, 6) is -0.331. The fraction of sp³-hybridized carbons (Fsp3) is 0.385. The fourth-order valence-electron chi connectivity index (χ4n) is 1.56. The van der Waals surface area contributed by atoms with Crippen molar-refractivity contribution in [3.8, 4) is 0 Å². The molecular weight excluding hydrogens is 232 g/mol. The lowest BCUT2D eigenvalue weighted by Crippen LogP contribution is -2.26. The second-order valence-corrected chi connectivity index (χ2v) is 4.03. The highest BCUT2D eigenvalue weighted by Gasteiger charge is 2.13. The highest BCUT2D eigenvalue weighted by Crippen LogP contribution is 2.14. The van der Waals surface area contributed by atoms with Crippen LogP contribution >= 0.6 is 0 Å². The van der Waals surface area contributed by atoms with Gasteiger partial charge >= 0.3 is 0 Å². The molecule has 0 fully saturated rings. The molecule has 0 radical (unpaired) electrons. The number of amides is 1. The zero-order valence-electron chi connectivity index (χ0n) is 10.2. The van der Waals surface area contributed by atoms with Gasteiger partial charge in [0.15, 0.2) is 0 Å². The van der Waals surface area contributed by atoms with E-state index in [1.807, 2.05) is 0 Å². The van der Waals surface area contributed by atoms with Gasteiger partial charge < -0.3 is 21.0 Å². The van der Waals surface area contributed by atoms with Crippen LogP contribution in [0.25, 0.3) is 0 Å². The Morgan fingerprint density at radius 2 is 2.28 bits per heavy atom. The Kier molecular flexibility index (Phi) is 5.70. The monoisotopic (exact) mass is 250 g/mol. The standard InChI is InChI=1S/C13H18N2O3/c14-10-5-4-6-12(17)11(9-10)13(18)15-7-2-1-3-8-16/h4-5,8-9,17H,1-3,6-7,14H2,(H,15,18). The average Bonchev–Trinajstić information content (AvgIpc) is 2.51. The maximum absolute atomic E-state index is 11.8. The molecule has 0 aromatic rings. The number of rotatable bonds is 6. The SMILES string of the molecule is NC1=CC(C(=O)NCCCCC=O)=C(O)CC=C1. The summed E-state index contributed by atoms with van der Waals surface area (Å²) in [5, 5.41) is 12.4. The number of nitrogens with two attached hydrogens (primary N) is 1. The Labute approximate surface area is 106 Å². The normalized spacial score (nSPS) is 15.0. The number of hydrogen-bond donors (Lipinski definition) is 3. The molecule has 5 heteroatoms. The fourth-order valence-corrected chi connectivity index (χ4v) is 1.56. The second kappa shape index (κ2) is 7.32. The Morgan fingerprint density at radius 1 is 1.50 bits per heavy atom. The lowest BCUT2D eigenvalue weighted by molar-refractivity contribution is -0.117. The molecule has 0 bridgehead atoms. The molecule has 0 spiro atoms. The van der Waals surface area contributed by atoms with Crippen molar-refractivity contribution in [3.63, 3.8) is 0 Å². The van der Waals surface area contributed by atoms with Gasteiger partial charge in [-0.3, -0.25) is 4.79 Å². The van der Waals surface area contributed by atoms with Crippen molar-refractivity contribution in [2.45, 2.75) is 25.7 Å². The average molecular weight is 250 g/mol. The molecule has 4 N–H and O–H groups in total. The zero-order valence-corrected chi connectivity index (χ0v) is 10.2.